The van der Waals surface area contributed by atoms with Gasteiger partial charge in [-0.1, -0.05) is 0 Å². The highest BCUT2D eigenvalue weighted by Crippen LogP contribution is 2.33. The highest BCUT2D eigenvalue weighted by Gasteiger charge is 2.25. The maximum Gasteiger partial charge on any atom is 0.127 e. The number of hydrogen-bond acceptors (Lipinski definition) is 4. The van der Waals surface area contributed by atoms with Crippen molar-refractivity contribution in [3.05, 3.63) is 23.8 Å². The van der Waals surface area contributed by atoms with Crippen LogP contribution >= 0.6 is 0 Å². The van der Waals surface area contributed by atoms with Gasteiger partial charge in [0.15, 0.2) is 0 Å². The molecular weight excluding hydrogens is 230 g/mol. The predicted octanol–water partition coefficient (Wildman–Crippen LogP) is 2.27. The zero-order valence-corrected chi connectivity index (χ0v) is 11.0. The first-order valence-electron chi connectivity index (χ1n) is 6.35. The van der Waals surface area contributed by atoms with Gasteiger partial charge in [-0.25, -0.2) is 0 Å². The Morgan fingerprint density at radius 2 is 2.11 bits per heavy atom. The van der Waals surface area contributed by atoms with Crippen LogP contribution in [-0.4, -0.2) is 26.9 Å². The van der Waals surface area contributed by atoms with E-state index in [1.54, 1.807) is 14.2 Å². The summed E-state index contributed by atoms with van der Waals surface area (Å²) in [6.45, 7) is 0.802. The van der Waals surface area contributed by atoms with Crippen LogP contribution in [0.2, 0.25) is 0 Å². The Hall–Kier alpha value is -1.26. The quantitative estimate of drug-likeness (QED) is 0.892. The van der Waals surface area contributed by atoms with Crippen LogP contribution in [-0.2, 0) is 4.74 Å². The van der Waals surface area contributed by atoms with Gasteiger partial charge in [0, 0.05) is 18.2 Å². The molecule has 1 fully saturated rings. The molecule has 4 nitrogen and oxygen atoms in total. The molecule has 0 aliphatic carbocycles. The number of rotatable bonds is 4. The molecular formula is C14H21NO3. The fourth-order valence-corrected chi connectivity index (χ4v) is 2.34. The first-order valence-corrected chi connectivity index (χ1v) is 6.35. The van der Waals surface area contributed by atoms with E-state index >= 15 is 0 Å². The van der Waals surface area contributed by atoms with E-state index in [4.69, 9.17) is 19.9 Å². The predicted molar refractivity (Wildman–Crippen MR) is 70.1 cm³/mol. The van der Waals surface area contributed by atoms with Crippen LogP contribution in [0, 0.1) is 0 Å². The Balaban J connectivity index is 2.20. The molecule has 0 spiro atoms. The van der Waals surface area contributed by atoms with Gasteiger partial charge in [0.05, 0.1) is 26.4 Å². The van der Waals surface area contributed by atoms with Crippen LogP contribution in [0.1, 0.15) is 30.9 Å². The average molecular weight is 251 g/mol. The summed E-state index contributed by atoms with van der Waals surface area (Å²) >= 11 is 0. The van der Waals surface area contributed by atoms with Crippen LogP contribution in [0.4, 0.5) is 0 Å². The van der Waals surface area contributed by atoms with Gasteiger partial charge < -0.3 is 19.9 Å². The van der Waals surface area contributed by atoms with E-state index in [-0.39, 0.29) is 12.1 Å². The van der Waals surface area contributed by atoms with Gasteiger partial charge in [0.1, 0.15) is 11.5 Å². The number of benzene rings is 1. The van der Waals surface area contributed by atoms with Gasteiger partial charge in [0.25, 0.3) is 0 Å². The summed E-state index contributed by atoms with van der Waals surface area (Å²) in [5.74, 6) is 1.53. The first-order chi connectivity index (χ1) is 8.76. The molecule has 18 heavy (non-hydrogen) atoms. The molecule has 1 aliphatic rings. The summed E-state index contributed by atoms with van der Waals surface area (Å²) in [7, 11) is 3.28. The lowest BCUT2D eigenvalue weighted by atomic mass is 9.96. The van der Waals surface area contributed by atoms with E-state index in [0.717, 1.165) is 36.5 Å². The van der Waals surface area contributed by atoms with Gasteiger partial charge in [-0.15, -0.1) is 0 Å². The fourth-order valence-electron chi connectivity index (χ4n) is 2.34. The van der Waals surface area contributed by atoms with Crippen molar-refractivity contribution in [2.45, 2.75) is 31.4 Å². The van der Waals surface area contributed by atoms with Crippen molar-refractivity contribution >= 4 is 0 Å². The largest absolute Gasteiger partial charge is 0.497 e. The van der Waals surface area contributed by atoms with Crippen LogP contribution in [0.3, 0.4) is 0 Å². The molecule has 4 heteroatoms. The highest BCUT2D eigenvalue weighted by atomic mass is 16.5. The Kier molecular flexibility index (Phi) is 4.44. The third-order valence-electron chi connectivity index (χ3n) is 3.42. The van der Waals surface area contributed by atoms with Crippen molar-refractivity contribution in [2.24, 2.45) is 5.73 Å². The van der Waals surface area contributed by atoms with Crippen LogP contribution in [0.25, 0.3) is 0 Å². The minimum absolute atomic E-state index is 0.0843. The SMILES string of the molecule is COc1ccc(C(N)C2CCCCO2)c(OC)c1. The lowest BCUT2D eigenvalue weighted by Gasteiger charge is -2.29. The van der Waals surface area contributed by atoms with Crippen molar-refractivity contribution < 1.29 is 14.2 Å². The average Bonchev–Trinajstić information content (AvgIpc) is 2.46. The molecule has 1 aromatic rings. The topological polar surface area (TPSA) is 53.7 Å². The molecule has 1 heterocycles. The molecule has 0 aromatic heterocycles. The fraction of sp³-hybridized carbons (Fsp3) is 0.571. The van der Waals surface area contributed by atoms with Gasteiger partial charge in [-0.2, -0.15) is 0 Å². The normalized spacial score (nSPS) is 21.4. The third-order valence-corrected chi connectivity index (χ3v) is 3.42. The maximum absolute atomic E-state index is 6.29. The third kappa shape index (κ3) is 2.76. The van der Waals surface area contributed by atoms with Crippen molar-refractivity contribution in [3.63, 3.8) is 0 Å². The Bertz CT molecular complexity index is 389. The van der Waals surface area contributed by atoms with E-state index in [9.17, 15) is 0 Å². The molecule has 0 saturated carbocycles. The molecule has 2 rings (SSSR count). The van der Waals surface area contributed by atoms with Crippen LogP contribution in [0.5, 0.6) is 11.5 Å². The van der Waals surface area contributed by atoms with E-state index in [0.29, 0.717) is 0 Å². The zero-order chi connectivity index (χ0) is 13.0. The minimum atomic E-state index is -0.147. The monoisotopic (exact) mass is 251 g/mol. The highest BCUT2D eigenvalue weighted by molar-refractivity contribution is 5.42. The molecule has 0 bridgehead atoms. The van der Waals surface area contributed by atoms with Gasteiger partial charge in [-0.05, 0) is 31.4 Å². The van der Waals surface area contributed by atoms with E-state index < -0.39 is 0 Å². The Morgan fingerprint density at radius 1 is 1.28 bits per heavy atom. The molecule has 2 atom stereocenters. The van der Waals surface area contributed by atoms with Gasteiger partial charge in [-0.3, -0.25) is 0 Å². The van der Waals surface area contributed by atoms with E-state index in [2.05, 4.69) is 0 Å². The van der Waals surface area contributed by atoms with Crippen molar-refractivity contribution in [3.8, 4) is 11.5 Å². The Labute approximate surface area is 108 Å². The van der Waals surface area contributed by atoms with Crippen LogP contribution in [0.15, 0.2) is 18.2 Å². The number of nitrogens with two attached hydrogens (primary N) is 1. The van der Waals surface area contributed by atoms with Crippen molar-refractivity contribution in [1.29, 1.82) is 0 Å². The summed E-state index contributed by atoms with van der Waals surface area (Å²) < 4.78 is 16.3. The molecule has 0 amide bonds. The molecule has 1 aliphatic heterocycles. The van der Waals surface area contributed by atoms with Gasteiger partial charge >= 0.3 is 0 Å². The summed E-state index contributed by atoms with van der Waals surface area (Å²) in [5, 5.41) is 0. The number of hydrogen-bond donors (Lipinski definition) is 1. The lowest BCUT2D eigenvalue weighted by molar-refractivity contribution is -0.000396. The van der Waals surface area contributed by atoms with Crippen LogP contribution < -0.4 is 15.2 Å². The van der Waals surface area contributed by atoms with E-state index in [1.807, 2.05) is 18.2 Å². The Morgan fingerprint density at radius 3 is 2.72 bits per heavy atom. The number of methoxy groups -OCH3 is 2. The maximum atomic E-state index is 6.29. The molecule has 2 unspecified atom stereocenters. The lowest BCUT2D eigenvalue weighted by Crippen LogP contribution is -2.32. The second-order valence-electron chi connectivity index (χ2n) is 4.54. The zero-order valence-electron chi connectivity index (χ0n) is 11.0. The second-order valence-corrected chi connectivity index (χ2v) is 4.54. The minimum Gasteiger partial charge on any atom is -0.497 e. The second kappa shape index (κ2) is 6.07. The summed E-state index contributed by atoms with van der Waals surface area (Å²) in [4.78, 5) is 0. The smallest absolute Gasteiger partial charge is 0.127 e. The molecule has 2 N–H and O–H groups in total. The molecule has 100 valence electrons. The van der Waals surface area contributed by atoms with Crippen molar-refractivity contribution in [2.75, 3.05) is 20.8 Å². The first kappa shape index (κ1) is 13.2. The molecule has 1 saturated heterocycles. The summed E-state index contributed by atoms with van der Waals surface area (Å²) in [5.41, 5.74) is 7.27. The van der Waals surface area contributed by atoms with Crippen molar-refractivity contribution in [1.82, 2.24) is 0 Å². The summed E-state index contributed by atoms with van der Waals surface area (Å²) in [6.07, 6.45) is 3.40. The molecule has 1 aromatic carbocycles. The molecule has 0 radical (unpaired) electrons. The standard InChI is InChI=1S/C14H21NO3/c1-16-10-6-7-11(13(9-10)17-2)14(15)12-5-3-4-8-18-12/h6-7,9,12,14H,3-5,8,15H2,1-2H3. The van der Waals surface area contributed by atoms with E-state index in [1.165, 1.54) is 6.42 Å². The number of ether oxygens (including phenoxy) is 3. The summed E-state index contributed by atoms with van der Waals surface area (Å²) in [6, 6.07) is 5.57. The van der Waals surface area contributed by atoms with Gasteiger partial charge in [0.2, 0.25) is 0 Å².